The first kappa shape index (κ1) is 23.6. The van der Waals surface area contributed by atoms with Crippen LogP contribution in [0.1, 0.15) is 10.4 Å². The van der Waals surface area contributed by atoms with E-state index in [4.69, 9.17) is 17.0 Å². The van der Waals surface area contributed by atoms with Gasteiger partial charge in [-0.05, 0) is 61.7 Å². The highest BCUT2D eigenvalue weighted by molar-refractivity contribution is 9.10. The van der Waals surface area contributed by atoms with Gasteiger partial charge in [0.2, 0.25) is 10.0 Å². The first-order chi connectivity index (χ1) is 14.7. The van der Waals surface area contributed by atoms with E-state index in [-0.39, 0.29) is 10.0 Å². The molecule has 2 N–H and O–H groups in total. The highest BCUT2D eigenvalue weighted by Crippen LogP contribution is 2.23. The number of amides is 1. The van der Waals surface area contributed by atoms with E-state index in [0.717, 1.165) is 4.47 Å². The lowest BCUT2D eigenvalue weighted by Crippen LogP contribution is -2.46. The standard InChI is InChI=1S/C20H23BrN4O4S2/c1-24-9-11-25(12-10-24)31(27,28)16-6-4-15(5-7-16)22-20(30)23-19(26)17-13-14(21)3-8-18(17)29-2/h3-8,13H,9-12H2,1-2H3,(H2,22,23,26,30). The molecule has 0 saturated carbocycles. The minimum absolute atomic E-state index is 0.0849. The number of ether oxygens (including phenoxy) is 1. The van der Waals surface area contributed by atoms with Crippen molar-refractivity contribution >= 4 is 54.9 Å². The largest absolute Gasteiger partial charge is 0.496 e. The van der Waals surface area contributed by atoms with Gasteiger partial charge in [-0.1, -0.05) is 15.9 Å². The summed E-state index contributed by atoms with van der Waals surface area (Å²) in [6.45, 7) is 2.34. The zero-order chi connectivity index (χ0) is 22.6. The number of halogens is 1. The van der Waals surface area contributed by atoms with Crippen molar-refractivity contribution in [2.45, 2.75) is 4.90 Å². The predicted octanol–water partition coefficient (Wildman–Crippen LogP) is 2.52. The highest BCUT2D eigenvalue weighted by Gasteiger charge is 2.27. The summed E-state index contributed by atoms with van der Waals surface area (Å²) in [4.78, 5) is 14.8. The molecule has 166 valence electrons. The van der Waals surface area contributed by atoms with Crippen molar-refractivity contribution < 1.29 is 17.9 Å². The van der Waals surface area contributed by atoms with Crippen molar-refractivity contribution in [3.63, 3.8) is 0 Å². The van der Waals surface area contributed by atoms with E-state index in [0.29, 0.717) is 43.2 Å². The van der Waals surface area contributed by atoms with Crippen molar-refractivity contribution in [3.05, 3.63) is 52.5 Å². The van der Waals surface area contributed by atoms with Gasteiger partial charge in [0, 0.05) is 36.3 Å². The number of carbonyl (C=O) groups is 1. The van der Waals surface area contributed by atoms with Crippen LogP contribution in [0.15, 0.2) is 51.8 Å². The van der Waals surface area contributed by atoms with Crippen LogP contribution in [0.3, 0.4) is 0 Å². The van der Waals surface area contributed by atoms with Gasteiger partial charge < -0.3 is 15.0 Å². The fourth-order valence-electron chi connectivity index (χ4n) is 3.08. The Kier molecular flexibility index (Phi) is 7.65. The van der Waals surface area contributed by atoms with Crippen LogP contribution >= 0.6 is 28.1 Å². The molecule has 11 heteroatoms. The van der Waals surface area contributed by atoms with E-state index >= 15 is 0 Å². The molecule has 0 aliphatic carbocycles. The van der Waals surface area contributed by atoms with Crippen LogP contribution in [0.4, 0.5) is 5.69 Å². The summed E-state index contributed by atoms with van der Waals surface area (Å²) in [6.07, 6.45) is 0. The fraction of sp³-hybridized carbons (Fsp3) is 0.300. The van der Waals surface area contributed by atoms with Crippen molar-refractivity contribution in [3.8, 4) is 5.75 Å². The molecule has 31 heavy (non-hydrogen) atoms. The predicted molar refractivity (Wildman–Crippen MR) is 127 cm³/mol. The van der Waals surface area contributed by atoms with Crippen LogP contribution in [0, 0.1) is 0 Å². The topological polar surface area (TPSA) is 91.0 Å². The van der Waals surface area contributed by atoms with E-state index in [1.54, 1.807) is 30.3 Å². The van der Waals surface area contributed by atoms with Gasteiger partial charge in [0.15, 0.2) is 5.11 Å². The van der Waals surface area contributed by atoms with Crippen molar-refractivity contribution in [1.82, 2.24) is 14.5 Å². The number of benzene rings is 2. The maximum Gasteiger partial charge on any atom is 0.261 e. The Morgan fingerprint density at radius 2 is 1.74 bits per heavy atom. The number of sulfonamides is 1. The number of hydrogen-bond donors (Lipinski definition) is 2. The molecule has 0 radical (unpaired) electrons. The van der Waals surface area contributed by atoms with Gasteiger partial charge in [0.1, 0.15) is 5.75 Å². The molecule has 1 aliphatic rings. The zero-order valence-electron chi connectivity index (χ0n) is 17.1. The first-order valence-electron chi connectivity index (χ1n) is 9.45. The number of methoxy groups -OCH3 is 1. The normalized spacial score (nSPS) is 15.3. The lowest BCUT2D eigenvalue weighted by molar-refractivity contribution is 0.0974. The monoisotopic (exact) mass is 526 g/mol. The Hall–Kier alpha value is -2.05. The number of nitrogens with zero attached hydrogens (tertiary/aromatic N) is 2. The average molecular weight is 527 g/mol. The van der Waals surface area contributed by atoms with Gasteiger partial charge in [0.25, 0.3) is 5.91 Å². The Morgan fingerprint density at radius 3 is 2.35 bits per heavy atom. The number of likely N-dealkylation sites (N-methyl/N-ethyl adjacent to an activating group) is 1. The molecule has 0 unspecified atom stereocenters. The molecule has 1 fully saturated rings. The number of thiocarbonyl (C=S) groups is 1. The van der Waals surface area contributed by atoms with E-state index in [2.05, 4.69) is 31.5 Å². The molecule has 2 aromatic carbocycles. The number of piperazine rings is 1. The minimum Gasteiger partial charge on any atom is -0.496 e. The molecule has 1 amide bonds. The SMILES string of the molecule is COc1ccc(Br)cc1C(=O)NC(=S)Nc1ccc(S(=O)(=O)N2CCN(C)CC2)cc1. The second-order valence-corrected chi connectivity index (χ2v) is 10.2. The van der Waals surface area contributed by atoms with Crippen LogP contribution in [0.25, 0.3) is 0 Å². The highest BCUT2D eigenvalue weighted by atomic mass is 79.9. The molecule has 1 saturated heterocycles. The maximum atomic E-state index is 12.8. The number of rotatable bonds is 5. The number of carbonyl (C=O) groups excluding carboxylic acids is 1. The van der Waals surface area contributed by atoms with E-state index < -0.39 is 15.9 Å². The van der Waals surface area contributed by atoms with Crippen LogP contribution < -0.4 is 15.4 Å². The van der Waals surface area contributed by atoms with Crippen LogP contribution in [-0.4, -0.2) is 69.0 Å². The maximum absolute atomic E-state index is 12.8. The molecule has 1 heterocycles. The molecular formula is C20H23BrN4O4S2. The molecule has 3 rings (SSSR count). The smallest absolute Gasteiger partial charge is 0.261 e. The number of hydrogen-bond acceptors (Lipinski definition) is 6. The summed E-state index contributed by atoms with van der Waals surface area (Å²) in [7, 11) is -0.0880. The van der Waals surface area contributed by atoms with E-state index in [1.807, 2.05) is 7.05 Å². The van der Waals surface area contributed by atoms with Gasteiger partial charge in [-0.15, -0.1) is 0 Å². The zero-order valence-corrected chi connectivity index (χ0v) is 20.3. The molecular weight excluding hydrogens is 504 g/mol. The van der Waals surface area contributed by atoms with Gasteiger partial charge in [-0.2, -0.15) is 4.31 Å². The Balaban J connectivity index is 1.64. The van der Waals surface area contributed by atoms with Gasteiger partial charge in [0.05, 0.1) is 17.6 Å². The molecule has 0 aromatic heterocycles. The van der Waals surface area contributed by atoms with Crippen molar-refractivity contribution in [2.75, 3.05) is 45.7 Å². The Morgan fingerprint density at radius 1 is 1.10 bits per heavy atom. The molecule has 0 bridgehead atoms. The summed E-state index contributed by atoms with van der Waals surface area (Å²) in [5, 5.41) is 5.57. The van der Waals surface area contributed by atoms with Gasteiger partial charge >= 0.3 is 0 Å². The summed E-state index contributed by atoms with van der Waals surface area (Å²) in [5.41, 5.74) is 0.887. The molecule has 1 aliphatic heterocycles. The third-order valence-corrected chi connectivity index (χ3v) is 7.46. The second kappa shape index (κ2) is 10.0. The van der Waals surface area contributed by atoms with Crippen LogP contribution in [-0.2, 0) is 10.0 Å². The molecule has 0 atom stereocenters. The summed E-state index contributed by atoms with van der Waals surface area (Å²) >= 11 is 8.55. The number of nitrogens with one attached hydrogen (secondary N) is 2. The van der Waals surface area contributed by atoms with Crippen molar-refractivity contribution in [2.24, 2.45) is 0 Å². The van der Waals surface area contributed by atoms with Gasteiger partial charge in [-0.25, -0.2) is 8.42 Å². The first-order valence-corrected chi connectivity index (χ1v) is 12.1. The average Bonchev–Trinajstić information content (AvgIpc) is 2.74. The molecule has 2 aromatic rings. The Bertz CT molecular complexity index is 1070. The lowest BCUT2D eigenvalue weighted by atomic mass is 10.2. The van der Waals surface area contributed by atoms with Gasteiger partial charge in [-0.3, -0.25) is 10.1 Å². The third kappa shape index (κ3) is 5.80. The van der Waals surface area contributed by atoms with E-state index in [9.17, 15) is 13.2 Å². The Labute approximate surface area is 195 Å². The fourth-order valence-corrected chi connectivity index (χ4v) is 5.07. The quantitative estimate of drug-likeness (QED) is 0.578. The summed E-state index contributed by atoms with van der Waals surface area (Å²) in [5.74, 6) is -0.00752. The minimum atomic E-state index is -3.54. The second-order valence-electron chi connectivity index (χ2n) is 6.98. The molecule has 0 spiro atoms. The summed E-state index contributed by atoms with van der Waals surface area (Å²) in [6, 6.07) is 11.4. The third-order valence-electron chi connectivity index (χ3n) is 4.85. The number of anilines is 1. The molecule has 8 nitrogen and oxygen atoms in total. The van der Waals surface area contributed by atoms with E-state index in [1.165, 1.54) is 23.5 Å². The van der Waals surface area contributed by atoms with Crippen molar-refractivity contribution in [1.29, 1.82) is 0 Å². The van der Waals surface area contributed by atoms with Crippen LogP contribution in [0.2, 0.25) is 0 Å². The lowest BCUT2D eigenvalue weighted by Gasteiger charge is -2.31. The van der Waals surface area contributed by atoms with Crippen LogP contribution in [0.5, 0.6) is 5.75 Å². The summed E-state index contributed by atoms with van der Waals surface area (Å²) < 4.78 is 33.0.